The van der Waals surface area contributed by atoms with Gasteiger partial charge in [0.15, 0.2) is 11.5 Å². The first-order valence-corrected chi connectivity index (χ1v) is 9.56. The molecular weight excluding hydrogens is 354 g/mol. The summed E-state index contributed by atoms with van der Waals surface area (Å²) in [4.78, 5) is 26.9. The molecule has 1 fully saturated rings. The number of benzene rings is 1. The third-order valence-corrected chi connectivity index (χ3v) is 5.24. The highest BCUT2D eigenvalue weighted by atomic mass is 16.2. The second kappa shape index (κ2) is 7.42. The molecule has 2 unspecified atom stereocenters. The Bertz CT molecular complexity index is 1010. The fourth-order valence-electron chi connectivity index (χ4n) is 3.60. The van der Waals surface area contributed by atoms with Crippen molar-refractivity contribution in [2.24, 2.45) is 5.92 Å². The largest absolute Gasteiger partial charge is 0.346 e. The number of carbonyl (C=O) groups excluding carboxylic acids is 2. The van der Waals surface area contributed by atoms with Crippen LogP contribution in [0.25, 0.3) is 5.65 Å². The van der Waals surface area contributed by atoms with Crippen LogP contribution in [-0.2, 0) is 16.0 Å². The molecule has 2 aromatic heterocycles. The molecule has 2 atom stereocenters. The maximum absolute atomic E-state index is 12.8. The molecule has 1 aliphatic heterocycles. The molecule has 28 heavy (non-hydrogen) atoms. The van der Waals surface area contributed by atoms with Crippen LogP contribution < -0.4 is 10.2 Å². The third kappa shape index (κ3) is 3.35. The summed E-state index contributed by atoms with van der Waals surface area (Å²) in [6.07, 6.45) is 3.04. The highest BCUT2D eigenvalue weighted by Gasteiger charge is 2.35. The molecule has 1 aromatic carbocycles. The van der Waals surface area contributed by atoms with E-state index in [1.54, 1.807) is 4.90 Å². The van der Waals surface area contributed by atoms with E-state index in [0.717, 1.165) is 17.8 Å². The second-order valence-corrected chi connectivity index (χ2v) is 7.14. The number of pyridine rings is 1. The summed E-state index contributed by atoms with van der Waals surface area (Å²) in [5.41, 5.74) is 2.80. The molecule has 0 spiro atoms. The second-order valence-electron chi connectivity index (χ2n) is 7.14. The van der Waals surface area contributed by atoms with Crippen LogP contribution in [0.5, 0.6) is 0 Å². The van der Waals surface area contributed by atoms with Crippen molar-refractivity contribution in [1.82, 2.24) is 19.9 Å². The molecule has 1 saturated heterocycles. The Kier molecular flexibility index (Phi) is 4.81. The van der Waals surface area contributed by atoms with Crippen LogP contribution in [0.3, 0.4) is 0 Å². The van der Waals surface area contributed by atoms with Crippen LogP contribution in [0.1, 0.15) is 37.7 Å². The van der Waals surface area contributed by atoms with Crippen molar-refractivity contribution in [3.05, 3.63) is 60.0 Å². The summed E-state index contributed by atoms with van der Waals surface area (Å²) in [6.45, 7) is 4.36. The van der Waals surface area contributed by atoms with Crippen molar-refractivity contribution in [3.63, 3.8) is 0 Å². The van der Waals surface area contributed by atoms with Gasteiger partial charge in [-0.2, -0.15) is 0 Å². The number of fused-ring (bicyclic) bond motifs is 1. The highest BCUT2D eigenvalue weighted by molar-refractivity contribution is 6.00. The average molecular weight is 377 g/mol. The zero-order chi connectivity index (χ0) is 19.7. The van der Waals surface area contributed by atoms with Crippen molar-refractivity contribution >= 4 is 23.1 Å². The van der Waals surface area contributed by atoms with E-state index >= 15 is 0 Å². The molecule has 7 heteroatoms. The standard InChI is InChI=1S/C21H23N5O2/c1-3-15-7-9-17(10-8-15)26-13-16(12-19(26)27)21(28)22-14(2)20-24-23-18-6-4-5-11-25(18)20/h4-11,14,16H,3,12-13H2,1-2H3,(H,22,28). The lowest BCUT2D eigenvalue weighted by Gasteiger charge is -2.18. The van der Waals surface area contributed by atoms with Gasteiger partial charge in [-0.25, -0.2) is 0 Å². The SMILES string of the molecule is CCc1ccc(N2CC(C(=O)NC(C)c3nnc4ccccn34)CC2=O)cc1. The van der Waals surface area contributed by atoms with Crippen LogP contribution in [0, 0.1) is 5.92 Å². The highest BCUT2D eigenvalue weighted by Crippen LogP contribution is 2.26. The first-order valence-electron chi connectivity index (χ1n) is 9.56. The molecule has 144 valence electrons. The topological polar surface area (TPSA) is 79.6 Å². The summed E-state index contributed by atoms with van der Waals surface area (Å²) >= 11 is 0. The Hall–Kier alpha value is -3.22. The molecule has 0 bridgehead atoms. The van der Waals surface area contributed by atoms with E-state index in [1.165, 1.54) is 5.56 Å². The lowest BCUT2D eigenvalue weighted by Crippen LogP contribution is -2.35. The van der Waals surface area contributed by atoms with Gasteiger partial charge in [0.25, 0.3) is 0 Å². The number of rotatable bonds is 5. The minimum atomic E-state index is -0.375. The first kappa shape index (κ1) is 18.2. The van der Waals surface area contributed by atoms with Gasteiger partial charge in [-0.15, -0.1) is 10.2 Å². The Morgan fingerprint density at radius 3 is 2.75 bits per heavy atom. The fraction of sp³-hybridized carbons (Fsp3) is 0.333. The fourth-order valence-corrected chi connectivity index (χ4v) is 3.60. The van der Waals surface area contributed by atoms with E-state index in [-0.39, 0.29) is 30.2 Å². The maximum Gasteiger partial charge on any atom is 0.227 e. The van der Waals surface area contributed by atoms with Crippen molar-refractivity contribution < 1.29 is 9.59 Å². The van der Waals surface area contributed by atoms with E-state index in [4.69, 9.17) is 0 Å². The maximum atomic E-state index is 12.8. The van der Waals surface area contributed by atoms with Crippen LogP contribution in [0.15, 0.2) is 48.7 Å². The molecule has 0 aliphatic carbocycles. The van der Waals surface area contributed by atoms with E-state index in [1.807, 2.05) is 60.0 Å². The molecule has 3 heterocycles. The van der Waals surface area contributed by atoms with E-state index in [2.05, 4.69) is 22.4 Å². The lowest BCUT2D eigenvalue weighted by atomic mass is 10.1. The van der Waals surface area contributed by atoms with Crippen LogP contribution >= 0.6 is 0 Å². The van der Waals surface area contributed by atoms with E-state index in [9.17, 15) is 9.59 Å². The molecule has 0 radical (unpaired) electrons. The van der Waals surface area contributed by atoms with Crippen LogP contribution in [0.4, 0.5) is 5.69 Å². The predicted octanol–water partition coefficient (Wildman–Crippen LogP) is 2.52. The molecule has 7 nitrogen and oxygen atoms in total. The predicted molar refractivity (Wildman–Crippen MR) is 106 cm³/mol. The molecule has 2 amide bonds. The number of anilines is 1. The average Bonchev–Trinajstić information content (AvgIpc) is 3.32. The third-order valence-electron chi connectivity index (χ3n) is 5.24. The first-order chi connectivity index (χ1) is 13.6. The van der Waals surface area contributed by atoms with Gasteiger partial charge in [-0.05, 0) is 43.2 Å². The van der Waals surface area contributed by atoms with Crippen molar-refractivity contribution in [3.8, 4) is 0 Å². The van der Waals surface area contributed by atoms with Gasteiger partial charge in [-0.3, -0.25) is 14.0 Å². The summed E-state index contributed by atoms with van der Waals surface area (Å²) < 4.78 is 1.85. The molecular formula is C21H23N5O2. The minimum Gasteiger partial charge on any atom is -0.346 e. The number of aryl methyl sites for hydroxylation is 1. The zero-order valence-corrected chi connectivity index (χ0v) is 16.0. The van der Waals surface area contributed by atoms with Gasteiger partial charge in [0.1, 0.15) is 0 Å². The Morgan fingerprint density at radius 2 is 2.00 bits per heavy atom. The summed E-state index contributed by atoms with van der Waals surface area (Å²) in [6, 6.07) is 13.3. The number of hydrogen-bond donors (Lipinski definition) is 1. The number of nitrogens with one attached hydrogen (secondary N) is 1. The van der Waals surface area contributed by atoms with Crippen LogP contribution in [0.2, 0.25) is 0 Å². The molecule has 1 N–H and O–H groups in total. The lowest BCUT2D eigenvalue weighted by molar-refractivity contribution is -0.126. The van der Waals surface area contributed by atoms with Gasteiger partial charge in [0, 0.05) is 24.8 Å². The smallest absolute Gasteiger partial charge is 0.227 e. The quantitative estimate of drug-likeness (QED) is 0.741. The zero-order valence-electron chi connectivity index (χ0n) is 16.0. The van der Waals surface area contributed by atoms with Gasteiger partial charge in [-0.1, -0.05) is 25.1 Å². The number of hydrogen-bond acceptors (Lipinski definition) is 4. The molecule has 3 aromatic rings. The van der Waals surface area contributed by atoms with Gasteiger partial charge >= 0.3 is 0 Å². The minimum absolute atomic E-state index is 0.0232. The van der Waals surface area contributed by atoms with E-state index in [0.29, 0.717) is 12.4 Å². The summed E-state index contributed by atoms with van der Waals surface area (Å²) in [5, 5.41) is 11.3. The van der Waals surface area contributed by atoms with Crippen molar-refractivity contribution in [2.45, 2.75) is 32.7 Å². The van der Waals surface area contributed by atoms with Crippen molar-refractivity contribution in [2.75, 3.05) is 11.4 Å². The van der Waals surface area contributed by atoms with Gasteiger partial charge < -0.3 is 10.2 Å². The Balaban J connectivity index is 1.44. The van der Waals surface area contributed by atoms with Gasteiger partial charge in [0.2, 0.25) is 11.8 Å². The number of aromatic nitrogens is 3. The van der Waals surface area contributed by atoms with Crippen LogP contribution in [-0.4, -0.2) is 33.0 Å². The van der Waals surface area contributed by atoms with Crippen molar-refractivity contribution in [1.29, 1.82) is 0 Å². The summed E-state index contributed by atoms with van der Waals surface area (Å²) in [7, 11) is 0. The molecule has 1 aliphatic rings. The monoisotopic (exact) mass is 377 g/mol. The number of amides is 2. The number of carbonyl (C=O) groups is 2. The molecule has 0 saturated carbocycles. The number of nitrogens with zero attached hydrogens (tertiary/aromatic N) is 4. The van der Waals surface area contributed by atoms with Gasteiger partial charge in [0.05, 0.1) is 12.0 Å². The Labute approximate surface area is 163 Å². The molecule has 4 rings (SSSR count). The van der Waals surface area contributed by atoms with E-state index < -0.39 is 0 Å². The normalized spacial score (nSPS) is 17.9. The summed E-state index contributed by atoms with van der Waals surface area (Å²) in [5.74, 6) is 0.131. The Morgan fingerprint density at radius 1 is 1.21 bits per heavy atom.